The van der Waals surface area contributed by atoms with Gasteiger partial charge in [0.1, 0.15) is 17.4 Å². The van der Waals surface area contributed by atoms with E-state index in [-0.39, 0.29) is 0 Å². The van der Waals surface area contributed by atoms with Gasteiger partial charge in [0.25, 0.3) is 5.88 Å². The summed E-state index contributed by atoms with van der Waals surface area (Å²) in [4.78, 5) is 13.4. The lowest BCUT2D eigenvalue weighted by Gasteiger charge is -2.15. The van der Waals surface area contributed by atoms with Crippen molar-refractivity contribution in [3.05, 3.63) is 60.7 Å². The van der Waals surface area contributed by atoms with E-state index in [0.717, 1.165) is 30.5 Å². The summed E-state index contributed by atoms with van der Waals surface area (Å²) in [6.45, 7) is 1.77. The molecule has 0 radical (unpaired) electrons. The van der Waals surface area contributed by atoms with E-state index in [0.29, 0.717) is 40.3 Å². The number of nitrogens with one attached hydrogen (secondary N) is 2. The van der Waals surface area contributed by atoms with Crippen LogP contribution in [-0.2, 0) is 0 Å². The number of anilines is 1. The number of ether oxygens (including phenoxy) is 1. The van der Waals surface area contributed by atoms with Gasteiger partial charge in [-0.3, -0.25) is 4.98 Å². The van der Waals surface area contributed by atoms with Gasteiger partial charge in [0, 0.05) is 35.9 Å². The Morgan fingerprint density at radius 1 is 1.23 bits per heavy atom. The van der Waals surface area contributed by atoms with Crippen molar-refractivity contribution in [3.63, 3.8) is 0 Å². The van der Waals surface area contributed by atoms with Gasteiger partial charge in [-0.05, 0) is 49.7 Å². The zero-order valence-electron chi connectivity index (χ0n) is 16.7. The highest BCUT2D eigenvalue weighted by Crippen LogP contribution is 2.31. The summed E-state index contributed by atoms with van der Waals surface area (Å²) in [6.07, 6.45) is 8.77. The van der Waals surface area contributed by atoms with Crippen LogP contribution < -0.4 is 15.4 Å². The Labute approximate surface area is 178 Å². The molecule has 1 saturated heterocycles. The first kappa shape index (κ1) is 19.0. The molecule has 154 valence electrons. The zero-order valence-corrected chi connectivity index (χ0v) is 16.7. The van der Waals surface area contributed by atoms with Crippen LogP contribution in [0.25, 0.3) is 22.2 Å². The van der Waals surface area contributed by atoms with Crippen molar-refractivity contribution in [2.24, 2.45) is 0 Å². The molecule has 1 fully saturated rings. The van der Waals surface area contributed by atoms with Gasteiger partial charge in [0.2, 0.25) is 0 Å². The van der Waals surface area contributed by atoms with E-state index >= 15 is 0 Å². The predicted molar refractivity (Wildman–Crippen MR) is 116 cm³/mol. The van der Waals surface area contributed by atoms with Crippen molar-refractivity contribution in [2.75, 3.05) is 18.4 Å². The molecule has 1 aliphatic heterocycles. The summed E-state index contributed by atoms with van der Waals surface area (Å²) in [5, 5.41) is 16.9. The SMILES string of the molecule is N#Cc1cncc(-c2cnc(NC[C@@H]3CCCN3)c(Oc3ccc4occc4c3)n2)c1. The normalized spacial score (nSPS) is 15.6. The fourth-order valence-electron chi connectivity index (χ4n) is 3.62. The number of aromatic nitrogens is 3. The Morgan fingerprint density at radius 2 is 2.19 bits per heavy atom. The van der Waals surface area contributed by atoms with Crippen LogP contribution in [0.2, 0.25) is 0 Å². The van der Waals surface area contributed by atoms with Gasteiger partial charge in [-0.2, -0.15) is 5.26 Å². The Hall–Kier alpha value is -3.96. The number of hydrogen-bond acceptors (Lipinski definition) is 8. The predicted octanol–water partition coefficient (Wildman–Crippen LogP) is 4.11. The second kappa shape index (κ2) is 8.42. The van der Waals surface area contributed by atoms with E-state index in [9.17, 15) is 5.26 Å². The number of fused-ring (bicyclic) bond motifs is 1. The molecule has 0 amide bonds. The van der Waals surface area contributed by atoms with Gasteiger partial charge >= 0.3 is 0 Å². The van der Waals surface area contributed by atoms with Crippen LogP contribution in [0.1, 0.15) is 18.4 Å². The maximum atomic E-state index is 9.17. The second-order valence-electron chi connectivity index (χ2n) is 7.38. The minimum absolute atomic E-state index is 0.362. The topological polar surface area (TPSA) is 109 Å². The van der Waals surface area contributed by atoms with Crippen LogP contribution in [0.5, 0.6) is 11.6 Å². The third-order valence-corrected chi connectivity index (χ3v) is 5.22. The van der Waals surface area contributed by atoms with Crippen LogP contribution >= 0.6 is 0 Å². The molecule has 0 bridgehead atoms. The summed E-state index contributed by atoms with van der Waals surface area (Å²) in [6, 6.07) is 11.7. The molecule has 0 saturated carbocycles. The number of benzene rings is 1. The maximum Gasteiger partial charge on any atom is 0.263 e. The molecule has 4 heterocycles. The first-order chi connectivity index (χ1) is 15.3. The van der Waals surface area contributed by atoms with E-state index in [1.165, 1.54) is 12.6 Å². The largest absolute Gasteiger partial charge is 0.464 e. The number of furan rings is 1. The van der Waals surface area contributed by atoms with Gasteiger partial charge in [0.05, 0.1) is 23.7 Å². The summed E-state index contributed by atoms with van der Waals surface area (Å²) >= 11 is 0. The molecular formula is C23H20N6O2. The van der Waals surface area contributed by atoms with E-state index in [1.807, 2.05) is 24.3 Å². The van der Waals surface area contributed by atoms with Crippen molar-refractivity contribution >= 4 is 16.8 Å². The van der Waals surface area contributed by atoms with Crippen LogP contribution in [0, 0.1) is 11.3 Å². The highest BCUT2D eigenvalue weighted by Gasteiger charge is 2.17. The standard InChI is InChI=1S/C23H20N6O2/c24-10-15-8-17(12-25-11-15)20-14-28-22(27-13-18-2-1-6-26-18)23(29-20)31-19-3-4-21-16(9-19)5-7-30-21/h3-5,7-9,11-12,14,18,26H,1-2,6,13H2,(H,27,28)/t18-/m0/s1. The molecular weight excluding hydrogens is 392 g/mol. The molecule has 2 N–H and O–H groups in total. The smallest absolute Gasteiger partial charge is 0.263 e. The average molecular weight is 412 g/mol. The minimum Gasteiger partial charge on any atom is -0.464 e. The zero-order chi connectivity index (χ0) is 21.0. The van der Waals surface area contributed by atoms with Gasteiger partial charge in [-0.15, -0.1) is 0 Å². The van der Waals surface area contributed by atoms with Crippen molar-refractivity contribution in [1.82, 2.24) is 20.3 Å². The van der Waals surface area contributed by atoms with Crippen molar-refractivity contribution < 1.29 is 9.15 Å². The van der Waals surface area contributed by atoms with E-state index < -0.39 is 0 Å². The highest BCUT2D eigenvalue weighted by molar-refractivity contribution is 5.78. The van der Waals surface area contributed by atoms with Crippen molar-refractivity contribution in [3.8, 4) is 29.0 Å². The molecule has 31 heavy (non-hydrogen) atoms. The first-order valence-corrected chi connectivity index (χ1v) is 10.1. The molecule has 5 rings (SSSR count). The van der Waals surface area contributed by atoms with Gasteiger partial charge in [-0.25, -0.2) is 9.97 Å². The molecule has 1 aliphatic rings. The molecule has 0 aliphatic carbocycles. The summed E-state index contributed by atoms with van der Waals surface area (Å²) in [5.74, 6) is 1.56. The lowest BCUT2D eigenvalue weighted by atomic mass is 10.2. The molecule has 1 aromatic carbocycles. The Morgan fingerprint density at radius 3 is 3.06 bits per heavy atom. The van der Waals surface area contributed by atoms with Gasteiger partial charge in [0.15, 0.2) is 5.82 Å². The highest BCUT2D eigenvalue weighted by atomic mass is 16.5. The number of pyridine rings is 1. The van der Waals surface area contributed by atoms with Crippen LogP contribution in [0.15, 0.2) is 59.6 Å². The summed E-state index contributed by atoms with van der Waals surface area (Å²) in [7, 11) is 0. The van der Waals surface area contributed by atoms with Gasteiger partial charge in [-0.1, -0.05) is 0 Å². The van der Waals surface area contributed by atoms with E-state index in [1.54, 1.807) is 24.7 Å². The minimum atomic E-state index is 0.362. The van der Waals surface area contributed by atoms with E-state index in [4.69, 9.17) is 9.15 Å². The lowest BCUT2D eigenvalue weighted by molar-refractivity contribution is 0.463. The molecule has 1 atom stereocenters. The molecule has 4 aromatic rings. The van der Waals surface area contributed by atoms with Crippen LogP contribution in [0.4, 0.5) is 5.82 Å². The van der Waals surface area contributed by atoms with Crippen LogP contribution in [-0.4, -0.2) is 34.1 Å². The summed E-state index contributed by atoms with van der Waals surface area (Å²) in [5.41, 5.74) is 2.53. The fourth-order valence-corrected chi connectivity index (χ4v) is 3.62. The molecule has 0 spiro atoms. The number of nitriles is 1. The molecule has 8 heteroatoms. The monoisotopic (exact) mass is 412 g/mol. The van der Waals surface area contributed by atoms with Crippen molar-refractivity contribution in [2.45, 2.75) is 18.9 Å². The third-order valence-electron chi connectivity index (χ3n) is 5.22. The Balaban J connectivity index is 1.48. The average Bonchev–Trinajstić information content (AvgIpc) is 3.50. The number of nitrogens with zero attached hydrogens (tertiary/aromatic N) is 4. The number of hydrogen-bond donors (Lipinski definition) is 2. The van der Waals surface area contributed by atoms with Crippen molar-refractivity contribution in [1.29, 1.82) is 5.26 Å². The first-order valence-electron chi connectivity index (χ1n) is 10.1. The third kappa shape index (κ3) is 4.17. The lowest BCUT2D eigenvalue weighted by Crippen LogP contribution is -2.29. The summed E-state index contributed by atoms with van der Waals surface area (Å²) < 4.78 is 11.5. The number of rotatable bonds is 6. The Bertz CT molecular complexity index is 1260. The second-order valence-corrected chi connectivity index (χ2v) is 7.38. The quantitative estimate of drug-likeness (QED) is 0.487. The Kier molecular flexibility index (Phi) is 5.17. The maximum absolute atomic E-state index is 9.17. The van der Waals surface area contributed by atoms with Gasteiger partial charge < -0.3 is 19.8 Å². The van der Waals surface area contributed by atoms with E-state index in [2.05, 4.69) is 31.7 Å². The van der Waals surface area contributed by atoms with Crippen LogP contribution in [0.3, 0.4) is 0 Å². The molecule has 8 nitrogen and oxygen atoms in total. The molecule has 0 unspecified atom stereocenters. The fraction of sp³-hybridized carbons (Fsp3) is 0.217. The molecule has 3 aromatic heterocycles.